The standard InChI is InChI=1S/C16H13BrN2O2/c1-2-20-14-6-4-3-5-13(14)16-18-15(19-21-16)11-7-9-12(17)10-8-11/h3-10H,2H2,1H3. The van der Waals surface area contributed by atoms with Crippen LogP contribution in [0.25, 0.3) is 22.8 Å². The van der Waals surface area contributed by atoms with Gasteiger partial charge in [-0.15, -0.1) is 0 Å². The van der Waals surface area contributed by atoms with Crippen LogP contribution >= 0.6 is 15.9 Å². The molecule has 0 aliphatic carbocycles. The van der Waals surface area contributed by atoms with Crippen LogP contribution in [-0.2, 0) is 0 Å². The lowest BCUT2D eigenvalue weighted by molar-refractivity contribution is 0.339. The SMILES string of the molecule is CCOc1ccccc1-c1nc(-c2ccc(Br)cc2)no1. The zero-order valence-electron chi connectivity index (χ0n) is 11.4. The predicted molar refractivity (Wildman–Crippen MR) is 84.0 cm³/mol. The highest BCUT2D eigenvalue weighted by Crippen LogP contribution is 2.30. The van der Waals surface area contributed by atoms with E-state index in [1.807, 2.05) is 55.5 Å². The minimum atomic E-state index is 0.456. The summed E-state index contributed by atoms with van der Waals surface area (Å²) in [6.45, 7) is 2.53. The number of hydrogen-bond acceptors (Lipinski definition) is 4. The van der Waals surface area contributed by atoms with Crippen LogP contribution in [0.2, 0.25) is 0 Å². The van der Waals surface area contributed by atoms with Gasteiger partial charge in [0.2, 0.25) is 5.82 Å². The fourth-order valence-corrected chi connectivity index (χ4v) is 2.24. The van der Waals surface area contributed by atoms with Crippen LogP contribution < -0.4 is 4.74 Å². The second kappa shape index (κ2) is 6.10. The molecule has 0 unspecified atom stereocenters. The molecular weight excluding hydrogens is 332 g/mol. The average Bonchev–Trinajstić information content (AvgIpc) is 2.99. The Kier molecular flexibility index (Phi) is 4.01. The van der Waals surface area contributed by atoms with Gasteiger partial charge in [-0.25, -0.2) is 0 Å². The number of rotatable bonds is 4. The highest BCUT2D eigenvalue weighted by molar-refractivity contribution is 9.10. The number of para-hydroxylation sites is 1. The number of nitrogens with zero attached hydrogens (tertiary/aromatic N) is 2. The molecule has 0 atom stereocenters. The van der Waals surface area contributed by atoms with Crippen molar-refractivity contribution < 1.29 is 9.26 Å². The molecule has 0 N–H and O–H groups in total. The molecular formula is C16H13BrN2O2. The van der Waals surface area contributed by atoms with E-state index in [4.69, 9.17) is 9.26 Å². The molecule has 0 bridgehead atoms. The van der Waals surface area contributed by atoms with Gasteiger partial charge in [-0.1, -0.05) is 33.2 Å². The van der Waals surface area contributed by atoms with Crippen LogP contribution in [-0.4, -0.2) is 16.7 Å². The number of benzene rings is 2. The summed E-state index contributed by atoms with van der Waals surface area (Å²) in [7, 11) is 0. The first-order valence-corrected chi connectivity index (χ1v) is 7.39. The van der Waals surface area contributed by atoms with Crippen molar-refractivity contribution in [2.75, 3.05) is 6.61 Å². The van der Waals surface area contributed by atoms with E-state index in [2.05, 4.69) is 26.1 Å². The first kappa shape index (κ1) is 13.8. The fourth-order valence-electron chi connectivity index (χ4n) is 1.97. The summed E-state index contributed by atoms with van der Waals surface area (Å²) in [6, 6.07) is 15.4. The predicted octanol–water partition coefficient (Wildman–Crippen LogP) is 4.56. The normalized spacial score (nSPS) is 10.6. The van der Waals surface area contributed by atoms with Crippen LogP contribution in [0.15, 0.2) is 57.5 Å². The minimum Gasteiger partial charge on any atom is -0.493 e. The van der Waals surface area contributed by atoms with E-state index in [0.717, 1.165) is 21.3 Å². The summed E-state index contributed by atoms with van der Waals surface area (Å²) in [5.74, 6) is 1.76. The van der Waals surface area contributed by atoms with Gasteiger partial charge in [0, 0.05) is 10.0 Å². The lowest BCUT2D eigenvalue weighted by Gasteiger charge is -2.05. The summed E-state index contributed by atoms with van der Waals surface area (Å²) in [6.07, 6.45) is 0. The first-order chi connectivity index (χ1) is 10.3. The molecule has 0 radical (unpaired) electrons. The van der Waals surface area contributed by atoms with E-state index in [0.29, 0.717) is 18.3 Å². The number of aromatic nitrogens is 2. The summed E-state index contributed by atoms with van der Waals surface area (Å²) >= 11 is 3.41. The monoisotopic (exact) mass is 344 g/mol. The molecule has 0 amide bonds. The third kappa shape index (κ3) is 2.97. The van der Waals surface area contributed by atoms with E-state index in [1.165, 1.54) is 0 Å². The number of halogens is 1. The van der Waals surface area contributed by atoms with Gasteiger partial charge in [-0.05, 0) is 43.3 Å². The van der Waals surface area contributed by atoms with Gasteiger partial charge in [-0.3, -0.25) is 0 Å². The van der Waals surface area contributed by atoms with Crippen LogP contribution in [0.5, 0.6) is 5.75 Å². The fraction of sp³-hybridized carbons (Fsp3) is 0.125. The van der Waals surface area contributed by atoms with Crippen molar-refractivity contribution in [3.63, 3.8) is 0 Å². The lowest BCUT2D eigenvalue weighted by Crippen LogP contribution is -1.93. The lowest BCUT2D eigenvalue weighted by atomic mass is 10.2. The zero-order chi connectivity index (χ0) is 14.7. The highest BCUT2D eigenvalue weighted by atomic mass is 79.9. The summed E-state index contributed by atoms with van der Waals surface area (Å²) in [5.41, 5.74) is 1.71. The number of ether oxygens (including phenoxy) is 1. The molecule has 0 saturated heterocycles. The van der Waals surface area contributed by atoms with E-state index in [-0.39, 0.29) is 0 Å². The molecule has 1 aromatic heterocycles. The Labute approximate surface area is 130 Å². The molecule has 5 heteroatoms. The van der Waals surface area contributed by atoms with E-state index in [9.17, 15) is 0 Å². The topological polar surface area (TPSA) is 48.2 Å². The Morgan fingerprint density at radius 1 is 1.10 bits per heavy atom. The first-order valence-electron chi connectivity index (χ1n) is 6.60. The zero-order valence-corrected chi connectivity index (χ0v) is 13.0. The molecule has 2 aromatic carbocycles. The third-order valence-electron chi connectivity index (χ3n) is 2.95. The van der Waals surface area contributed by atoms with Crippen molar-refractivity contribution in [2.24, 2.45) is 0 Å². The van der Waals surface area contributed by atoms with Gasteiger partial charge in [0.15, 0.2) is 0 Å². The van der Waals surface area contributed by atoms with Gasteiger partial charge in [-0.2, -0.15) is 4.98 Å². The van der Waals surface area contributed by atoms with Crippen LogP contribution in [0.4, 0.5) is 0 Å². The van der Waals surface area contributed by atoms with Crippen molar-refractivity contribution in [3.8, 4) is 28.6 Å². The van der Waals surface area contributed by atoms with Crippen LogP contribution in [0, 0.1) is 0 Å². The Bertz CT molecular complexity index is 738. The molecule has 106 valence electrons. The molecule has 4 nitrogen and oxygen atoms in total. The molecule has 0 fully saturated rings. The Morgan fingerprint density at radius 2 is 1.86 bits per heavy atom. The Balaban J connectivity index is 1.97. The molecule has 21 heavy (non-hydrogen) atoms. The second-order valence-electron chi connectivity index (χ2n) is 4.36. The van der Waals surface area contributed by atoms with Crippen molar-refractivity contribution in [3.05, 3.63) is 53.0 Å². The van der Waals surface area contributed by atoms with Crippen LogP contribution in [0.1, 0.15) is 6.92 Å². The van der Waals surface area contributed by atoms with Crippen molar-refractivity contribution in [2.45, 2.75) is 6.92 Å². The summed E-state index contributed by atoms with van der Waals surface area (Å²) in [4.78, 5) is 4.45. The van der Waals surface area contributed by atoms with E-state index < -0.39 is 0 Å². The Hall–Kier alpha value is -2.14. The van der Waals surface area contributed by atoms with Gasteiger partial charge in [0.05, 0.1) is 12.2 Å². The maximum atomic E-state index is 5.59. The third-order valence-corrected chi connectivity index (χ3v) is 3.47. The number of hydrogen-bond donors (Lipinski definition) is 0. The highest BCUT2D eigenvalue weighted by Gasteiger charge is 2.14. The molecule has 0 spiro atoms. The van der Waals surface area contributed by atoms with Crippen molar-refractivity contribution in [1.29, 1.82) is 0 Å². The maximum absolute atomic E-state index is 5.59. The smallest absolute Gasteiger partial charge is 0.262 e. The van der Waals surface area contributed by atoms with Gasteiger partial charge in [0.25, 0.3) is 5.89 Å². The minimum absolute atomic E-state index is 0.456. The van der Waals surface area contributed by atoms with Crippen molar-refractivity contribution >= 4 is 15.9 Å². The largest absolute Gasteiger partial charge is 0.493 e. The van der Waals surface area contributed by atoms with Gasteiger partial charge >= 0.3 is 0 Å². The Morgan fingerprint density at radius 3 is 2.62 bits per heavy atom. The van der Waals surface area contributed by atoms with Gasteiger partial charge < -0.3 is 9.26 Å². The summed E-state index contributed by atoms with van der Waals surface area (Å²) < 4.78 is 12.0. The second-order valence-corrected chi connectivity index (χ2v) is 5.27. The molecule has 3 rings (SSSR count). The summed E-state index contributed by atoms with van der Waals surface area (Å²) in [5, 5.41) is 4.04. The molecule has 0 saturated carbocycles. The molecule has 0 aliphatic heterocycles. The van der Waals surface area contributed by atoms with Crippen molar-refractivity contribution in [1.82, 2.24) is 10.1 Å². The van der Waals surface area contributed by atoms with Crippen LogP contribution in [0.3, 0.4) is 0 Å². The van der Waals surface area contributed by atoms with Gasteiger partial charge in [0.1, 0.15) is 5.75 Å². The van der Waals surface area contributed by atoms with E-state index in [1.54, 1.807) is 0 Å². The molecule has 1 heterocycles. The molecule has 0 aliphatic rings. The average molecular weight is 345 g/mol. The maximum Gasteiger partial charge on any atom is 0.262 e. The quantitative estimate of drug-likeness (QED) is 0.695. The molecule has 3 aromatic rings. The van der Waals surface area contributed by atoms with E-state index >= 15 is 0 Å².